The quantitative estimate of drug-likeness (QED) is 0.889. The molecule has 5 rings (SSSR count). The highest BCUT2D eigenvalue weighted by molar-refractivity contribution is 5.89. The van der Waals surface area contributed by atoms with Crippen molar-refractivity contribution >= 4 is 11.9 Å². The molecule has 128 valence electrons. The maximum absolute atomic E-state index is 12.4. The van der Waals surface area contributed by atoms with Gasteiger partial charge in [-0.2, -0.15) is 0 Å². The number of ether oxygens (including phenoxy) is 1. The van der Waals surface area contributed by atoms with Crippen LogP contribution in [-0.2, 0) is 4.79 Å². The second-order valence-corrected chi connectivity index (χ2v) is 7.82. The first-order valence-corrected chi connectivity index (χ1v) is 8.77. The fraction of sp³-hybridized carbons (Fsp3) is 0.579. The molecule has 5 heteroatoms. The molecular formula is C19H22NO4-. The van der Waals surface area contributed by atoms with Crippen molar-refractivity contribution in [3.63, 3.8) is 0 Å². The van der Waals surface area contributed by atoms with Crippen LogP contribution in [0, 0.1) is 17.8 Å². The fourth-order valence-electron chi connectivity index (χ4n) is 5.50. The second-order valence-electron chi connectivity index (χ2n) is 7.82. The largest absolute Gasteiger partial charge is 0.545 e. The summed E-state index contributed by atoms with van der Waals surface area (Å²) in [6, 6.07) is 6.25. The molecule has 24 heavy (non-hydrogen) atoms. The third-order valence-electron chi connectivity index (χ3n) is 5.91. The molecule has 4 aliphatic rings. The summed E-state index contributed by atoms with van der Waals surface area (Å²) >= 11 is 0. The van der Waals surface area contributed by atoms with E-state index in [1.807, 2.05) is 0 Å². The van der Waals surface area contributed by atoms with Crippen LogP contribution in [0.1, 0.15) is 48.9 Å². The Bertz CT molecular complexity index is 634. The summed E-state index contributed by atoms with van der Waals surface area (Å²) < 4.78 is 5.44. The molecule has 1 N–H and O–H groups in total. The molecule has 0 aromatic heterocycles. The standard InChI is InChI=1S/C19H23NO4/c21-17(11-24-16-4-2-1-3-15(16)18(22)23)20-19-8-12-5-13(9-19)7-14(6-12)10-19/h1-4,12-14H,5-11H2,(H,20,21)(H,22,23)/p-1. The molecule has 0 heterocycles. The topological polar surface area (TPSA) is 78.5 Å². The van der Waals surface area contributed by atoms with Gasteiger partial charge in [0.15, 0.2) is 6.61 Å². The number of carboxylic acids is 1. The van der Waals surface area contributed by atoms with E-state index in [0.717, 1.165) is 37.0 Å². The van der Waals surface area contributed by atoms with Gasteiger partial charge in [0.1, 0.15) is 5.75 Å². The Balaban J connectivity index is 1.39. The van der Waals surface area contributed by atoms with Gasteiger partial charge < -0.3 is 20.0 Å². The van der Waals surface area contributed by atoms with Gasteiger partial charge in [-0.3, -0.25) is 4.79 Å². The van der Waals surface area contributed by atoms with Crippen LogP contribution < -0.4 is 15.2 Å². The van der Waals surface area contributed by atoms with Crippen molar-refractivity contribution in [2.24, 2.45) is 17.8 Å². The summed E-state index contributed by atoms with van der Waals surface area (Å²) in [6.45, 7) is -0.161. The Kier molecular flexibility index (Phi) is 3.74. The number of para-hydroxylation sites is 1. The van der Waals surface area contributed by atoms with Crippen molar-refractivity contribution in [1.82, 2.24) is 5.32 Å². The first-order chi connectivity index (χ1) is 11.5. The number of benzene rings is 1. The first-order valence-electron chi connectivity index (χ1n) is 8.77. The number of carbonyl (C=O) groups excluding carboxylic acids is 2. The molecule has 4 aliphatic carbocycles. The van der Waals surface area contributed by atoms with E-state index in [2.05, 4.69) is 5.32 Å². The fourth-order valence-corrected chi connectivity index (χ4v) is 5.50. The molecule has 4 saturated carbocycles. The summed E-state index contributed by atoms with van der Waals surface area (Å²) in [5, 5.41) is 14.3. The van der Waals surface area contributed by atoms with Crippen molar-refractivity contribution in [2.45, 2.75) is 44.1 Å². The normalized spacial score (nSPS) is 33.2. The number of hydrogen-bond donors (Lipinski definition) is 1. The Morgan fingerprint density at radius 2 is 1.67 bits per heavy atom. The van der Waals surface area contributed by atoms with Gasteiger partial charge in [-0.25, -0.2) is 0 Å². The zero-order chi connectivity index (χ0) is 16.7. The maximum atomic E-state index is 12.4. The third-order valence-corrected chi connectivity index (χ3v) is 5.91. The average molecular weight is 328 g/mol. The highest BCUT2D eigenvalue weighted by Crippen LogP contribution is 2.55. The van der Waals surface area contributed by atoms with Gasteiger partial charge >= 0.3 is 0 Å². The predicted molar refractivity (Wildman–Crippen MR) is 85.3 cm³/mol. The van der Waals surface area contributed by atoms with Gasteiger partial charge in [-0.1, -0.05) is 12.1 Å². The lowest BCUT2D eigenvalue weighted by atomic mass is 9.53. The Morgan fingerprint density at radius 1 is 1.08 bits per heavy atom. The van der Waals surface area contributed by atoms with Gasteiger partial charge in [0.05, 0.1) is 5.97 Å². The minimum Gasteiger partial charge on any atom is -0.545 e. The van der Waals surface area contributed by atoms with Crippen LogP contribution in [0.2, 0.25) is 0 Å². The monoisotopic (exact) mass is 328 g/mol. The van der Waals surface area contributed by atoms with E-state index in [-0.39, 0.29) is 29.4 Å². The van der Waals surface area contributed by atoms with Crippen LogP contribution in [0.5, 0.6) is 5.75 Å². The Hall–Kier alpha value is -2.04. The van der Waals surface area contributed by atoms with E-state index < -0.39 is 5.97 Å². The van der Waals surface area contributed by atoms with E-state index in [1.165, 1.54) is 25.3 Å². The lowest BCUT2D eigenvalue weighted by molar-refractivity contribution is -0.255. The molecule has 0 spiro atoms. The molecule has 1 amide bonds. The SMILES string of the molecule is O=C(COc1ccccc1C(=O)[O-])NC12CC3CC(CC(C3)C1)C2. The number of rotatable bonds is 5. The third kappa shape index (κ3) is 2.87. The summed E-state index contributed by atoms with van der Waals surface area (Å²) in [4.78, 5) is 23.5. The summed E-state index contributed by atoms with van der Waals surface area (Å²) in [7, 11) is 0. The van der Waals surface area contributed by atoms with E-state index >= 15 is 0 Å². The van der Waals surface area contributed by atoms with Crippen molar-refractivity contribution in [2.75, 3.05) is 6.61 Å². The Morgan fingerprint density at radius 3 is 2.25 bits per heavy atom. The molecule has 0 atom stereocenters. The molecule has 0 unspecified atom stereocenters. The van der Waals surface area contributed by atoms with Crippen molar-refractivity contribution in [3.05, 3.63) is 29.8 Å². The number of aromatic carboxylic acids is 1. The van der Waals surface area contributed by atoms with Crippen LogP contribution >= 0.6 is 0 Å². The van der Waals surface area contributed by atoms with E-state index in [1.54, 1.807) is 18.2 Å². The van der Waals surface area contributed by atoms with Crippen molar-refractivity contribution < 1.29 is 19.4 Å². The molecule has 4 bridgehead atoms. The van der Waals surface area contributed by atoms with Crippen molar-refractivity contribution in [1.29, 1.82) is 0 Å². The molecule has 0 aliphatic heterocycles. The van der Waals surface area contributed by atoms with Gasteiger partial charge in [-0.05, 0) is 68.4 Å². The lowest BCUT2D eigenvalue weighted by Crippen LogP contribution is -2.60. The molecule has 1 aromatic rings. The predicted octanol–water partition coefficient (Wildman–Crippen LogP) is 1.51. The second kappa shape index (κ2) is 5.80. The van der Waals surface area contributed by atoms with E-state index in [9.17, 15) is 14.7 Å². The minimum absolute atomic E-state index is 0.0277. The van der Waals surface area contributed by atoms with E-state index in [0.29, 0.717) is 0 Å². The number of nitrogens with one attached hydrogen (secondary N) is 1. The van der Waals surface area contributed by atoms with Crippen molar-refractivity contribution in [3.8, 4) is 5.75 Å². The molecular weight excluding hydrogens is 306 g/mol. The first kappa shape index (κ1) is 15.5. The van der Waals surface area contributed by atoms with Gasteiger partial charge in [0, 0.05) is 11.1 Å². The summed E-state index contributed by atoms with van der Waals surface area (Å²) in [5.41, 5.74) is -0.0802. The Labute approximate surface area is 141 Å². The van der Waals surface area contributed by atoms with Crippen LogP contribution in [0.3, 0.4) is 0 Å². The highest BCUT2D eigenvalue weighted by Gasteiger charge is 2.51. The number of carbonyl (C=O) groups is 2. The lowest BCUT2D eigenvalue weighted by Gasteiger charge is -2.56. The molecule has 0 radical (unpaired) electrons. The highest BCUT2D eigenvalue weighted by atomic mass is 16.5. The van der Waals surface area contributed by atoms with Gasteiger partial charge in [0.2, 0.25) is 0 Å². The zero-order valence-corrected chi connectivity index (χ0v) is 13.6. The van der Waals surface area contributed by atoms with Crippen LogP contribution in [0.15, 0.2) is 24.3 Å². The molecule has 4 fully saturated rings. The summed E-state index contributed by atoms with van der Waals surface area (Å²) in [5.74, 6) is 0.999. The van der Waals surface area contributed by atoms with E-state index in [4.69, 9.17) is 4.74 Å². The van der Waals surface area contributed by atoms with Gasteiger partial charge in [-0.15, -0.1) is 0 Å². The molecule has 5 nitrogen and oxygen atoms in total. The summed E-state index contributed by atoms with van der Waals surface area (Å²) in [6.07, 6.45) is 7.22. The average Bonchev–Trinajstić information content (AvgIpc) is 2.51. The number of hydrogen-bond acceptors (Lipinski definition) is 4. The van der Waals surface area contributed by atoms with Crippen LogP contribution in [-0.4, -0.2) is 24.0 Å². The molecule has 0 saturated heterocycles. The smallest absolute Gasteiger partial charge is 0.258 e. The number of carboxylic acid groups (broad SMARTS) is 1. The van der Waals surface area contributed by atoms with Crippen LogP contribution in [0.4, 0.5) is 0 Å². The van der Waals surface area contributed by atoms with Gasteiger partial charge in [0.25, 0.3) is 5.91 Å². The number of amides is 1. The zero-order valence-electron chi connectivity index (χ0n) is 13.6. The molecule has 1 aromatic carbocycles. The van der Waals surface area contributed by atoms with Crippen LogP contribution in [0.25, 0.3) is 0 Å². The maximum Gasteiger partial charge on any atom is 0.258 e. The minimum atomic E-state index is -1.30.